The van der Waals surface area contributed by atoms with Gasteiger partial charge in [0.05, 0.1) is 37.9 Å². The lowest BCUT2D eigenvalue weighted by molar-refractivity contribution is -0.143. The van der Waals surface area contributed by atoms with Crippen LogP contribution in [0.2, 0.25) is 0 Å². The maximum atomic E-state index is 13.7. The molecule has 0 fully saturated rings. The number of fused-ring (bicyclic) bond motifs is 1. The minimum absolute atomic E-state index is 0.0242. The van der Waals surface area contributed by atoms with Gasteiger partial charge in [0.15, 0.2) is 0 Å². The third-order valence-corrected chi connectivity index (χ3v) is 6.49. The summed E-state index contributed by atoms with van der Waals surface area (Å²) >= 11 is 0. The van der Waals surface area contributed by atoms with E-state index in [-0.39, 0.29) is 29.5 Å². The van der Waals surface area contributed by atoms with Gasteiger partial charge in [-0.05, 0) is 47.5 Å². The van der Waals surface area contributed by atoms with Crippen molar-refractivity contribution in [2.75, 3.05) is 14.2 Å². The van der Waals surface area contributed by atoms with Crippen molar-refractivity contribution in [2.45, 2.75) is 30.9 Å². The molecule has 1 amide bonds. The lowest BCUT2D eigenvalue weighted by Crippen LogP contribution is -2.44. The van der Waals surface area contributed by atoms with Crippen molar-refractivity contribution in [1.82, 2.24) is 4.90 Å². The number of hydrogen-bond donors (Lipinski definition) is 1. The molecule has 1 N–H and O–H groups in total. The number of nitrogens with zero attached hydrogens (tertiary/aromatic N) is 1. The fourth-order valence-corrected chi connectivity index (χ4v) is 4.72. The van der Waals surface area contributed by atoms with Crippen molar-refractivity contribution in [1.29, 1.82) is 0 Å². The van der Waals surface area contributed by atoms with E-state index in [9.17, 15) is 41.0 Å². The Balaban J connectivity index is 1.99. The van der Waals surface area contributed by atoms with Gasteiger partial charge in [0, 0.05) is 17.2 Å². The number of aliphatic carboxylic acids is 1. The molecular weight excluding hydrogens is 532 g/mol. The quantitative estimate of drug-likeness (QED) is 0.363. The predicted octanol–water partition coefficient (Wildman–Crippen LogP) is 6.31. The fraction of sp³-hybridized carbons (Fsp3) is 0.259. The zero-order valence-corrected chi connectivity index (χ0v) is 20.4. The Bertz CT molecular complexity index is 1390. The maximum absolute atomic E-state index is 13.7. The number of hydrogen-bond acceptors (Lipinski definition) is 4. The van der Waals surface area contributed by atoms with Crippen LogP contribution >= 0.6 is 0 Å². The summed E-state index contributed by atoms with van der Waals surface area (Å²) in [6.07, 6.45) is -10.3. The lowest BCUT2D eigenvalue weighted by atomic mass is 9.79. The molecule has 39 heavy (non-hydrogen) atoms. The van der Waals surface area contributed by atoms with Gasteiger partial charge < -0.3 is 19.5 Å². The summed E-state index contributed by atoms with van der Waals surface area (Å²) in [7, 11) is 2.73. The molecule has 3 aromatic carbocycles. The van der Waals surface area contributed by atoms with E-state index in [2.05, 4.69) is 0 Å². The molecule has 12 heteroatoms. The summed E-state index contributed by atoms with van der Waals surface area (Å²) in [6.45, 7) is -0.383. The van der Waals surface area contributed by atoms with Gasteiger partial charge in [-0.2, -0.15) is 26.3 Å². The van der Waals surface area contributed by atoms with E-state index in [1.807, 2.05) is 0 Å². The first kappa shape index (κ1) is 27.8. The molecule has 1 aliphatic heterocycles. The van der Waals surface area contributed by atoms with Crippen LogP contribution in [-0.4, -0.2) is 36.1 Å². The van der Waals surface area contributed by atoms with Crippen LogP contribution in [0.1, 0.15) is 50.1 Å². The average molecular weight is 553 g/mol. The third kappa shape index (κ3) is 5.36. The predicted molar refractivity (Wildman–Crippen MR) is 125 cm³/mol. The smallest absolute Gasteiger partial charge is 0.416 e. The standard InChI is InChI=1S/C27H21F6NO5/c1-38-18-8-7-14(21(12-18)39-2)13-34-23(22(25(36)37)19-5-3-4-6-20(19)24(34)35)15-9-16(26(28,29)30)11-17(10-15)27(31,32)33/h3-12,22-23H,13H2,1-2H3,(H,36,37)/t22-,23+/m1/s1. The van der Waals surface area contributed by atoms with E-state index in [0.717, 1.165) is 4.90 Å². The molecule has 6 nitrogen and oxygen atoms in total. The molecule has 1 aliphatic rings. The maximum Gasteiger partial charge on any atom is 0.416 e. The van der Waals surface area contributed by atoms with Crippen LogP contribution in [0, 0.1) is 0 Å². The van der Waals surface area contributed by atoms with Crippen molar-refractivity contribution >= 4 is 11.9 Å². The van der Waals surface area contributed by atoms with Gasteiger partial charge in [0.2, 0.25) is 0 Å². The van der Waals surface area contributed by atoms with Crippen LogP contribution < -0.4 is 9.47 Å². The number of ether oxygens (including phenoxy) is 2. The molecule has 4 rings (SSSR count). The summed E-state index contributed by atoms with van der Waals surface area (Å²) in [5.41, 5.74) is -3.60. The number of methoxy groups -OCH3 is 2. The zero-order valence-electron chi connectivity index (χ0n) is 20.4. The molecule has 206 valence electrons. The number of carboxylic acid groups (broad SMARTS) is 1. The summed E-state index contributed by atoms with van der Waals surface area (Å²) in [4.78, 5) is 27.2. The number of halogens is 6. The average Bonchev–Trinajstić information content (AvgIpc) is 2.88. The van der Waals surface area contributed by atoms with Gasteiger partial charge in [-0.1, -0.05) is 18.2 Å². The molecular formula is C27H21F6NO5. The highest BCUT2D eigenvalue weighted by molar-refractivity contribution is 6.00. The van der Waals surface area contributed by atoms with E-state index < -0.39 is 52.9 Å². The van der Waals surface area contributed by atoms with Crippen LogP contribution in [0.15, 0.2) is 60.7 Å². The Labute approximate surface area is 218 Å². The lowest BCUT2D eigenvalue weighted by Gasteiger charge is -2.41. The van der Waals surface area contributed by atoms with Gasteiger partial charge in [-0.3, -0.25) is 9.59 Å². The van der Waals surface area contributed by atoms with Crippen LogP contribution in [0.4, 0.5) is 26.3 Å². The highest BCUT2D eigenvalue weighted by Gasteiger charge is 2.46. The Morgan fingerprint density at radius 2 is 1.51 bits per heavy atom. The molecule has 1 heterocycles. The highest BCUT2D eigenvalue weighted by Crippen LogP contribution is 2.47. The van der Waals surface area contributed by atoms with Crippen molar-refractivity contribution in [3.63, 3.8) is 0 Å². The van der Waals surface area contributed by atoms with Gasteiger partial charge in [0.1, 0.15) is 17.4 Å². The Kier molecular flexibility index (Phi) is 7.24. The van der Waals surface area contributed by atoms with Gasteiger partial charge in [0.25, 0.3) is 5.91 Å². The molecule has 0 bridgehead atoms. The molecule has 0 saturated heterocycles. The number of amides is 1. The summed E-state index contributed by atoms with van der Waals surface area (Å²) < 4.78 is 92.7. The zero-order chi connectivity index (χ0) is 28.7. The molecule has 0 unspecified atom stereocenters. The first-order valence-corrected chi connectivity index (χ1v) is 11.4. The normalized spacial score (nSPS) is 17.5. The topological polar surface area (TPSA) is 76.1 Å². The van der Waals surface area contributed by atoms with Crippen LogP contribution in [-0.2, 0) is 23.7 Å². The molecule has 2 atom stereocenters. The van der Waals surface area contributed by atoms with E-state index in [1.54, 1.807) is 0 Å². The second-order valence-corrected chi connectivity index (χ2v) is 8.80. The Morgan fingerprint density at radius 1 is 0.897 bits per heavy atom. The molecule has 0 aliphatic carbocycles. The van der Waals surface area contributed by atoms with Crippen LogP contribution in [0.25, 0.3) is 0 Å². The minimum atomic E-state index is -5.17. The van der Waals surface area contributed by atoms with Crippen molar-refractivity contribution in [2.24, 2.45) is 0 Å². The minimum Gasteiger partial charge on any atom is -0.497 e. The Morgan fingerprint density at radius 3 is 2.05 bits per heavy atom. The molecule has 0 spiro atoms. The number of alkyl halides is 6. The van der Waals surface area contributed by atoms with Gasteiger partial charge in [-0.25, -0.2) is 0 Å². The highest BCUT2D eigenvalue weighted by atomic mass is 19.4. The van der Waals surface area contributed by atoms with Crippen molar-refractivity contribution in [3.05, 3.63) is 94.0 Å². The largest absolute Gasteiger partial charge is 0.497 e. The number of benzene rings is 3. The summed E-state index contributed by atoms with van der Waals surface area (Å²) in [6, 6.07) is 9.25. The number of carbonyl (C=O) groups is 2. The van der Waals surface area contributed by atoms with E-state index in [4.69, 9.17) is 9.47 Å². The van der Waals surface area contributed by atoms with Crippen LogP contribution in [0.5, 0.6) is 11.5 Å². The van der Waals surface area contributed by atoms with Crippen molar-refractivity contribution in [3.8, 4) is 11.5 Å². The molecule has 3 aromatic rings. The summed E-state index contributed by atoms with van der Waals surface area (Å²) in [5.74, 6) is -3.37. The second-order valence-electron chi connectivity index (χ2n) is 8.80. The van der Waals surface area contributed by atoms with Gasteiger partial charge >= 0.3 is 18.3 Å². The van der Waals surface area contributed by atoms with Crippen molar-refractivity contribution < 1.29 is 50.5 Å². The molecule has 0 aromatic heterocycles. The molecule has 0 saturated carbocycles. The number of carboxylic acids is 1. The van der Waals surface area contributed by atoms with E-state index in [0.29, 0.717) is 23.4 Å². The second kappa shape index (κ2) is 10.2. The first-order valence-electron chi connectivity index (χ1n) is 11.4. The van der Waals surface area contributed by atoms with Gasteiger partial charge in [-0.15, -0.1) is 0 Å². The Hall–Kier alpha value is -4.22. The fourth-order valence-electron chi connectivity index (χ4n) is 4.72. The monoisotopic (exact) mass is 553 g/mol. The summed E-state index contributed by atoms with van der Waals surface area (Å²) in [5, 5.41) is 10.2. The van der Waals surface area contributed by atoms with Crippen LogP contribution in [0.3, 0.4) is 0 Å². The van der Waals surface area contributed by atoms with E-state index in [1.165, 1.54) is 56.7 Å². The first-order chi connectivity index (χ1) is 18.3. The SMILES string of the molecule is COc1ccc(CN2C(=O)c3ccccc3[C@@H](C(=O)O)[C@@H]2c2cc(C(F)(F)F)cc(C(F)(F)F)c2)c(OC)c1. The molecule has 0 radical (unpaired) electrons. The third-order valence-electron chi connectivity index (χ3n) is 6.49. The van der Waals surface area contributed by atoms with E-state index >= 15 is 0 Å². The number of carbonyl (C=O) groups excluding carboxylic acids is 1. The number of rotatable bonds is 6.